The van der Waals surface area contributed by atoms with E-state index in [4.69, 9.17) is 0 Å². The molecule has 0 rings (SSSR count). The van der Waals surface area contributed by atoms with Crippen LogP contribution in [0.1, 0.15) is 20.8 Å². The van der Waals surface area contributed by atoms with Crippen molar-refractivity contribution in [2.24, 2.45) is 5.41 Å². The Morgan fingerprint density at radius 3 is 2.06 bits per heavy atom. The average molecular weight is 268 g/mol. The highest BCUT2D eigenvalue weighted by atomic mass is 19.4. The molecule has 0 aliphatic heterocycles. The van der Waals surface area contributed by atoms with Gasteiger partial charge in [0.15, 0.2) is 6.61 Å². The Bertz CT molecular complexity index is 345. The van der Waals surface area contributed by atoms with Crippen LogP contribution in [0.4, 0.5) is 13.2 Å². The van der Waals surface area contributed by atoms with Gasteiger partial charge < -0.3 is 9.47 Å². The zero-order valence-corrected chi connectivity index (χ0v) is 10.4. The van der Waals surface area contributed by atoms with Gasteiger partial charge in [-0.3, -0.25) is 0 Å². The van der Waals surface area contributed by atoms with E-state index in [9.17, 15) is 22.8 Å². The third-order valence-corrected chi connectivity index (χ3v) is 2.03. The van der Waals surface area contributed by atoms with E-state index in [1.54, 1.807) is 0 Å². The Morgan fingerprint density at radius 1 is 1.17 bits per heavy atom. The highest BCUT2D eigenvalue weighted by molar-refractivity contribution is 5.88. The van der Waals surface area contributed by atoms with Gasteiger partial charge in [0.25, 0.3) is 0 Å². The summed E-state index contributed by atoms with van der Waals surface area (Å²) in [6.07, 6.45) is -4.48. The van der Waals surface area contributed by atoms with Crippen molar-refractivity contribution in [1.29, 1.82) is 0 Å². The fourth-order valence-electron chi connectivity index (χ4n) is 0.632. The first-order chi connectivity index (χ1) is 7.97. The van der Waals surface area contributed by atoms with Gasteiger partial charge in [0, 0.05) is 5.57 Å². The van der Waals surface area contributed by atoms with Crippen LogP contribution in [0.2, 0.25) is 0 Å². The van der Waals surface area contributed by atoms with Gasteiger partial charge in [0.05, 0.1) is 5.41 Å². The van der Waals surface area contributed by atoms with Gasteiger partial charge in [0.1, 0.15) is 6.61 Å². The van der Waals surface area contributed by atoms with E-state index in [-0.39, 0.29) is 5.57 Å². The zero-order chi connectivity index (χ0) is 14.6. The summed E-state index contributed by atoms with van der Waals surface area (Å²) >= 11 is 0. The van der Waals surface area contributed by atoms with E-state index in [1.165, 1.54) is 6.92 Å². The second-order valence-electron chi connectivity index (χ2n) is 4.40. The summed E-state index contributed by atoms with van der Waals surface area (Å²) in [6.45, 7) is 4.89. The molecule has 0 heterocycles. The third kappa shape index (κ3) is 5.20. The van der Waals surface area contributed by atoms with Crippen molar-refractivity contribution in [3.05, 3.63) is 12.2 Å². The standard InChI is InChI=1S/C11H15F3O4/c1-7(2)9(16)17-5-8(15)18-6-10(3,4)11(12,13)14/h1,5-6H2,2-4H3. The molecule has 0 aromatic carbocycles. The fourth-order valence-corrected chi connectivity index (χ4v) is 0.632. The van der Waals surface area contributed by atoms with Crippen LogP contribution in [0.3, 0.4) is 0 Å². The number of alkyl halides is 3. The number of carbonyl (C=O) groups excluding carboxylic acids is 2. The Hall–Kier alpha value is -1.53. The first-order valence-corrected chi connectivity index (χ1v) is 5.02. The van der Waals surface area contributed by atoms with Crippen molar-refractivity contribution in [2.75, 3.05) is 13.2 Å². The summed E-state index contributed by atoms with van der Waals surface area (Å²) in [5, 5.41) is 0. The summed E-state index contributed by atoms with van der Waals surface area (Å²) in [5.74, 6) is -1.84. The normalized spacial score (nSPS) is 11.9. The predicted octanol–water partition coefficient (Wildman–Crippen LogP) is 2.24. The van der Waals surface area contributed by atoms with Gasteiger partial charge in [-0.15, -0.1) is 0 Å². The third-order valence-electron chi connectivity index (χ3n) is 2.03. The molecule has 18 heavy (non-hydrogen) atoms. The topological polar surface area (TPSA) is 52.6 Å². The molecule has 0 fully saturated rings. The van der Waals surface area contributed by atoms with Crippen LogP contribution in [0.15, 0.2) is 12.2 Å². The summed E-state index contributed by atoms with van der Waals surface area (Å²) in [6, 6.07) is 0. The zero-order valence-electron chi connectivity index (χ0n) is 10.4. The Balaban J connectivity index is 4.13. The smallest absolute Gasteiger partial charge is 0.397 e. The Labute approximate surface area is 103 Å². The van der Waals surface area contributed by atoms with Crippen molar-refractivity contribution in [3.63, 3.8) is 0 Å². The quantitative estimate of drug-likeness (QED) is 0.567. The second kappa shape index (κ2) is 5.88. The Morgan fingerprint density at radius 2 is 1.67 bits per heavy atom. The molecule has 0 unspecified atom stereocenters. The monoisotopic (exact) mass is 268 g/mol. The molecule has 0 saturated carbocycles. The predicted molar refractivity (Wildman–Crippen MR) is 56.6 cm³/mol. The van der Waals surface area contributed by atoms with Gasteiger partial charge in [-0.1, -0.05) is 6.58 Å². The minimum absolute atomic E-state index is 0.0819. The molecule has 0 spiro atoms. The summed E-state index contributed by atoms with van der Waals surface area (Å²) in [5.41, 5.74) is -2.07. The van der Waals surface area contributed by atoms with E-state index in [1.807, 2.05) is 0 Å². The number of esters is 2. The molecule has 0 saturated heterocycles. The maximum Gasteiger partial charge on any atom is 0.397 e. The molecule has 7 heteroatoms. The number of carbonyl (C=O) groups is 2. The lowest BCUT2D eigenvalue weighted by molar-refractivity contribution is -0.227. The molecular weight excluding hydrogens is 253 g/mol. The minimum Gasteiger partial charge on any atom is -0.462 e. The fraction of sp³-hybridized carbons (Fsp3) is 0.636. The molecule has 0 radical (unpaired) electrons. The lowest BCUT2D eigenvalue weighted by Crippen LogP contribution is -2.37. The number of halogens is 3. The summed E-state index contributed by atoms with van der Waals surface area (Å²) < 4.78 is 46.1. The van der Waals surface area contributed by atoms with E-state index >= 15 is 0 Å². The lowest BCUT2D eigenvalue weighted by Gasteiger charge is -2.26. The number of rotatable bonds is 5. The minimum atomic E-state index is -4.48. The molecular formula is C11H15F3O4. The van der Waals surface area contributed by atoms with Gasteiger partial charge in [0.2, 0.25) is 0 Å². The maximum absolute atomic E-state index is 12.4. The van der Waals surface area contributed by atoms with Crippen LogP contribution in [0, 0.1) is 5.41 Å². The average Bonchev–Trinajstić information content (AvgIpc) is 2.21. The van der Waals surface area contributed by atoms with E-state index in [2.05, 4.69) is 16.1 Å². The van der Waals surface area contributed by atoms with Crippen LogP contribution < -0.4 is 0 Å². The van der Waals surface area contributed by atoms with Crippen molar-refractivity contribution >= 4 is 11.9 Å². The van der Waals surface area contributed by atoms with Crippen LogP contribution in [0.25, 0.3) is 0 Å². The van der Waals surface area contributed by atoms with Gasteiger partial charge in [-0.25, -0.2) is 9.59 Å². The molecule has 0 atom stereocenters. The molecule has 0 aliphatic rings. The van der Waals surface area contributed by atoms with Crippen molar-refractivity contribution in [3.8, 4) is 0 Å². The van der Waals surface area contributed by atoms with Crippen molar-refractivity contribution in [1.82, 2.24) is 0 Å². The lowest BCUT2D eigenvalue weighted by atomic mass is 9.94. The van der Waals surface area contributed by atoms with Crippen molar-refractivity contribution < 1.29 is 32.2 Å². The van der Waals surface area contributed by atoms with Gasteiger partial charge in [-0.05, 0) is 20.8 Å². The second-order valence-corrected chi connectivity index (χ2v) is 4.40. The van der Waals surface area contributed by atoms with Crippen LogP contribution in [-0.4, -0.2) is 31.3 Å². The highest BCUT2D eigenvalue weighted by Crippen LogP contribution is 2.37. The molecule has 0 N–H and O–H groups in total. The SMILES string of the molecule is C=C(C)C(=O)OCC(=O)OCC(C)(C)C(F)(F)F. The maximum atomic E-state index is 12.4. The van der Waals surface area contributed by atoms with E-state index in [0.717, 1.165) is 13.8 Å². The van der Waals surface area contributed by atoms with Gasteiger partial charge >= 0.3 is 18.1 Å². The molecule has 104 valence electrons. The largest absolute Gasteiger partial charge is 0.462 e. The first-order valence-electron chi connectivity index (χ1n) is 5.02. The van der Waals surface area contributed by atoms with Crippen LogP contribution in [0.5, 0.6) is 0 Å². The Kier molecular flexibility index (Phi) is 5.38. The molecule has 0 aliphatic carbocycles. The van der Waals surface area contributed by atoms with Crippen molar-refractivity contribution in [2.45, 2.75) is 26.9 Å². The number of ether oxygens (including phenoxy) is 2. The van der Waals surface area contributed by atoms with E-state index in [0.29, 0.717) is 0 Å². The van der Waals surface area contributed by atoms with Crippen LogP contribution in [-0.2, 0) is 19.1 Å². The molecule has 0 bridgehead atoms. The molecule has 0 aromatic rings. The van der Waals surface area contributed by atoms with Gasteiger partial charge in [-0.2, -0.15) is 13.2 Å². The number of hydrogen-bond donors (Lipinski definition) is 0. The molecule has 0 aromatic heterocycles. The molecule has 0 amide bonds. The number of hydrogen-bond acceptors (Lipinski definition) is 4. The first kappa shape index (κ1) is 16.5. The van der Waals surface area contributed by atoms with E-state index < -0.39 is 36.7 Å². The summed E-state index contributed by atoms with van der Waals surface area (Å²) in [4.78, 5) is 21.9. The highest BCUT2D eigenvalue weighted by Gasteiger charge is 2.48. The molecule has 4 nitrogen and oxygen atoms in total. The summed E-state index contributed by atoms with van der Waals surface area (Å²) in [7, 11) is 0. The van der Waals surface area contributed by atoms with Crippen LogP contribution >= 0.6 is 0 Å².